The average molecular weight is 418 g/mol. The third kappa shape index (κ3) is 4.94. The lowest BCUT2D eigenvalue weighted by atomic mass is 9.95. The summed E-state index contributed by atoms with van der Waals surface area (Å²) in [5.74, 6) is 0.456. The van der Waals surface area contributed by atoms with Gasteiger partial charge in [0.05, 0.1) is 24.1 Å². The molecule has 7 heteroatoms. The van der Waals surface area contributed by atoms with Crippen molar-refractivity contribution < 1.29 is 14.3 Å². The predicted octanol–water partition coefficient (Wildman–Crippen LogP) is 3.90. The molecule has 1 amide bonds. The van der Waals surface area contributed by atoms with Crippen LogP contribution in [0.2, 0.25) is 0 Å². The van der Waals surface area contributed by atoms with E-state index in [1.54, 1.807) is 31.2 Å². The van der Waals surface area contributed by atoms with Crippen molar-refractivity contribution >= 4 is 23.4 Å². The number of piperidine rings is 1. The highest BCUT2D eigenvalue weighted by Crippen LogP contribution is 2.24. The molecule has 0 bridgehead atoms. The molecule has 7 nitrogen and oxygen atoms in total. The maximum atomic E-state index is 12.7. The molecular weight excluding hydrogens is 392 g/mol. The number of esters is 1. The monoisotopic (exact) mass is 418 g/mol. The summed E-state index contributed by atoms with van der Waals surface area (Å²) in [7, 11) is 0. The van der Waals surface area contributed by atoms with E-state index in [1.807, 2.05) is 41.4 Å². The first-order valence-corrected chi connectivity index (χ1v) is 10.6. The van der Waals surface area contributed by atoms with Crippen LogP contribution in [0.25, 0.3) is 5.69 Å². The summed E-state index contributed by atoms with van der Waals surface area (Å²) in [5.41, 5.74) is 2.07. The van der Waals surface area contributed by atoms with Crippen LogP contribution in [0.4, 0.5) is 11.5 Å². The molecule has 1 aliphatic rings. The summed E-state index contributed by atoms with van der Waals surface area (Å²) in [5, 5.41) is 2.94. The van der Waals surface area contributed by atoms with Crippen LogP contribution < -0.4 is 10.2 Å². The molecule has 0 aliphatic carbocycles. The second kappa shape index (κ2) is 9.47. The van der Waals surface area contributed by atoms with Gasteiger partial charge in [-0.15, -0.1) is 0 Å². The predicted molar refractivity (Wildman–Crippen MR) is 120 cm³/mol. The maximum Gasteiger partial charge on any atom is 0.338 e. The Kier molecular flexibility index (Phi) is 6.31. The van der Waals surface area contributed by atoms with E-state index in [1.165, 1.54) is 0 Å². The molecule has 3 aromatic rings. The summed E-state index contributed by atoms with van der Waals surface area (Å²) in [6, 6.07) is 14.9. The second-order valence-electron chi connectivity index (χ2n) is 7.52. The summed E-state index contributed by atoms with van der Waals surface area (Å²) < 4.78 is 7.04. The van der Waals surface area contributed by atoms with Gasteiger partial charge in [0.25, 0.3) is 0 Å². The zero-order valence-electron chi connectivity index (χ0n) is 17.5. The lowest BCUT2D eigenvalue weighted by molar-refractivity contribution is -0.120. The number of nitrogens with zero attached hydrogens (tertiary/aromatic N) is 3. The van der Waals surface area contributed by atoms with Crippen molar-refractivity contribution in [3.05, 3.63) is 72.7 Å². The number of aromatic nitrogens is 2. The van der Waals surface area contributed by atoms with Crippen molar-refractivity contribution in [2.45, 2.75) is 19.8 Å². The highest BCUT2D eigenvalue weighted by atomic mass is 16.5. The zero-order chi connectivity index (χ0) is 21.6. The van der Waals surface area contributed by atoms with E-state index < -0.39 is 0 Å². The minimum Gasteiger partial charge on any atom is -0.462 e. The van der Waals surface area contributed by atoms with E-state index in [9.17, 15) is 9.59 Å². The number of amides is 1. The molecule has 0 radical (unpaired) electrons. The Labute approximate surface area is 181 Å². The van der Waals surface area contributed by atoms with Crippen LogP contribution in [0.3, 0.4) is 0 Å². The Morgan fingerprint density at radius 2 is 1.87 bits per heavy atom. The van der Waals surface area contributed by atoms with E-state index in [0.29, 0.717) is 17.9 Å². The summed E-state index contributed by atoms with van der Waals surface area (Å²) in [4.78, 5) is 31.4. The van der Waals surface area contributed by atoms with Crippen LogP contribution in [-0.2, 0) is 9.53 Å². The molecule has 2 aromatic heterocycles. The molecule has 31 heavy (non-hydrogen) atoms. The van der Waals surface area contributed by atoms with Crippen molar-refractivity contribution in [3.63, 3.8) is 0 Å². The molecule has 160 valence electrons. The summed E-state index contributed by atoms with van der Waals surface area (Å²) in [6.07, 6.45) is 7.35. The van der Waals surface area contributed by atoms with Crippen molar-refractivity contribution in [2.24, 2.45) is 5.92 Å². The van der Waals surface area contributed by atoms with Gasteiger partial charge in [-0.1, -0.05) is 6.07 Å². The number of hydrogen-bond acceptors (Lipinski definition) is 5. The minimum absolute atomic E-state index is 0.0171. The van der Waals surface area contributed by atoms with Gasteiger partial charge in [-0.05, 0) is 62.2 Å². The number of carbonyl (C=O) groups excluding carboxylic acids is 2. The van der Waals surface area contributed by atoms with Crippen LogP contribution >= 0.6 is 0 Å². The van der Waals surface area contributed by atoms with E-state index >= 15 is 0 Å². The molecule has 1 fully saturated rings. The standard InChI is InChI=1S/C24H26N4O3/c1-2-31-24(30)19-6-5-7-20(16-19)26-23(29)18-10-14-28(15-11-18)22-9-8-21(17-25-22)27-12-3-4-13-27/h3-9,12-13,16-18H,2,10-11,14-15H2,1H3,(H,26,29). The van der Waals surface area contributed by atoms with Crippen LogP contribution in [0.1, 0.15) is 30.1 Å². The Morgan fingerprint density at radius 3 is 2.55 bits per heavy atom. The van der Waals surface area contributed by atoms with Crippen LogP contribution in [0, 0.1) is 5.92 Å². The maximum absolute atomic E-state index is 12.7. The van der Waals surface area contributed by atoms with Gasteiger partial charge >= 0.3 is 5.97 Å². The van der Waals surface area contributed by atoms with Gasteiger partial charge in [0.1, 0.15) is 5.82 Å². The number of benzene rings is 1. The number of hydrogen-bond donors (Lipinski definition) is 1. The summed E-state index contributed by atoms with van der Waals surface area (Å²) >= 11 is 0. The van der Waals surface area contributed by atoms with E-state index in [2.05, 4.69) is 21.3 Å². The van der Waals surface area contributed by atoms with Gasteiger partial charge in [-0.3, -0.25) is 4.79 Å². The highest BCUT2D eigenvalue weighted by molar-refractivity contribution is 5.95. The number of nitrogens with one attached hydrogen (secondary N) is 1. The first kappa shape index (κ1) is 20.7. The fraction of sp³-hybridized carbons (Fsp3) is 0.292. The smallest absolute Gasteiger partial charge is 0.338 e. The molecule has 1 saturated heterocycles. The van der Waals surface area contributed by atoms with E-state index in [4.69, 9.17) is 4.74 Å². The molecule has 1 aromatic carbocycles. The molecular formula is C24H26N4O3. The Hall–Kier alpha value is -3.61. The molecule has 4 rings (SSSR count). The van der Waals surface area contributed by atoms with Gasteiger partial charge in [0, 0.05) is 37.1 Å². The fourth-order valence-corrected chi connectivity index (χ4v) is 3.78. The van der Waals surface area contributed by atoms with Crippen molar-refractivity contribution in [1.82, 2.24) is 9.55 Å². The number of rotatable bonds is 6. The van der Waals surface area contributed by atoms with Gasteiger partial charge in [-0.25, -0.2) is 9.78 Å². The van der Waals surface area contributed by atoms with Gasteiger partial charge in [0.15, 0.2) is 0 Å². The Bertz CT molecular complexity index is 1020. The van der Waals surface area contributed by atoms with Crippen LogP contribution in [0.5, 0.6) is 0 Å². The van der Waals surface area contributed by atoms with Gasteiger partial charge < -0.3 is 19.5 Å². The van der Waals surface area contributed by atoms with Crippen LogP contribution in [-0.4, -0.2) is 41.1 Å². The molecule has 1 N–H and O–H groups in total. The number of ether oxygens (including phenoxy) is 1. The number of carbonyl (C=O) groups is 2. The quantitative estimate of drug-likeness (QED) is 0.615. The third-order valence-electron chi connectivity index (χ3n) is 5.47. The number of pyridine rings is 1. The largest absolute Gasteiger partial charge is 0.462 e. The third-order valence-corrected chi connectivity index (χ3v) is 5.47. The van der Waals surface area contributed by atoms with Gasteiger partial charge in [-0.2, -0.15) is 0 Å². The minimum atomic E-state index is -0.387. The first-order valence-electron chi connectivity index (χ1n) is 10.6. The SMILES string of the molecule is CCOC(=O)c1cccc(NC(=O)C2CCN(c3ccc(-n4cccc4)cn3)CC2)c1. The molecule has 0 saturated carbocycles. The molecule has 3 heterocycles. The van der Waals surface area contributed by atoms with Crippen molar-refractivity contribution in [2.75, 3.05) is 29.9 Å². The average Bonchev–Trinajstić information content (AvgIpc) is 3.35. The molecule has 0 atom stereocenters. The lowest BCUT2D eigenvalue weighted by Crippen LogP contribution is -2.38. The topological polar surface area (TPSA) is 76.5 Å². The number of anilines is 2. The lowest BCUT2D eigenvalue weighted by Gasteiger charge is -2.32. The highest BCUT2D eigenvalue weighted by Gasteiger charge is 2.26. The normalized spacial score (nSPS) is 14.3. The Morgan fingerprint density at radius 1 is 1.10 bits per heavy atom. The van der Waals surface area contributed by atoms with E-state index in [-0.39, 0.29) is 17.8 Å². The van der Waals surface area contributed by atoms with Gasteiger partial charge in [0.2, 0.25) is 5.91 Å². The first-order chi connectivity index (χ1) is 15.1. The zero-order valence-corrected chi connectivity index (χ0v) is 17.5. The summed E-state index contributed by atoms with van der Waals surface area (Å²) in [6.45, 7) is 3.63. The van der Waals surface area contributed by atoms with Crippen LogP contribution in [0.15, 0.2) is 67.1 Å². The van der Waals surface area contributed by atoms with E-state index in [0.717, 1.165) is 37.4 Å². The fourth-order valence-electron chi connectivity index (χ4n) is 3.78. The Balaban J connectivity index is 1.32. The molecule has 0 spiro atoms. The van der Waals surface area contributed by atoms with Crippen molar-refractivity contribution in [1.29, 1.82) is 0 Å². The molecule has 0 unspecified atom stereocenters. The second-order valence-corrected chi connectivity index (χ2v) is 7.52. The molecule has 1 aliphatic heterocycles. The van der Waals surface area contributed by atoms with Crippen molar-refractivity contribution in [3.8, 4) is 5.69 Å².